The minimum Gasteiger partial charge on any atom is -0.329 e. The molecular formula is C5H16Cl2N2. The first-order chi connectivity index (χ1) is 3.31. The highest BCUT2D eigenvalue weighted by Crippen LogP contribution is 1.88. The Morgan fingerprint density at radius 3 is 1.89 bits per heavy atom. The number of hydrogen-bond donors (Lipinski definition) is 2. The number of rotatable bonds is 3. The molecule has 0 bridgehead atoms. The molecule has 1 atom stereocenters. The van der Waals surface area contributed by atoms with Crippen LogP contribution in [0, 0.1) is 0 Å². The summed E-state index contributed by atoms with van der Waals surface area (Å²) in [5, 5.41) is 0. The topological polar surface area (TPSA) is 52.0 Å². The van der Waals surface area contributed by atoms with Crippen LogP contribution in [-0.4, -0.2) is 12.6 Å². The molecule has 0 spiro atoms. The van der Waals surface area contributed by atoms with Crippen LogP contribution in [0.5, 0.6) is 0 Å². The van der Waals surface area contributed by atoms with Gasteiger partial charge in [0.25, 0.3) is 0 Å². The fraction of sp³-hybridized carbons (Fsp3) is 1.00. The lowest BCUT2D eigenvalue weighted by Gasteiger charge is -2.03. The van der Waals surface area contributed by atoms with Crippen LogP contribution in [0.1, 0.15) is 19.8 Å². The summed E-state index contributed by atoms with van der Waals surface area (Å²) in [5.74, 6) is 0. The van der Waals surface area contributed by atoms with E-state index in [9.17, 15) is 0 Å². The fourth-order valence-corrected chi connectivity index (χ4v) is 0.489. The van der Waals surface area contributed by atoms with Gasteiger partial charge in [-0.1, -0.05) is 13.3 Å². The Bertz CT molecular complexity index is 43.9. The Balaban J connectivity index is -0.000000180. The maximum Gasteiger partial charge on any atom is 0.0162 e. The molecule has 4 heteroatoms. The molecule has 60 valence electrons. The van der Waals surface area contributed by atoms with Gasteiger partial charge >= 0.3 is 0 Å². The van der Waals surface area contributed by atoms with E-state index < -0.39 is 0 Å². The molecule has 0 radical (unpaired) electrons. The second kappa shape index (κ2) is 11.3. The van der Waals surface area contributed by atoms with Gasteiger partial charge < -0.3 is 11.5 Å². The van der Waals surface area contributed by atoms with E-state index in [1.54, 1.807) is 0 Å². The molecule has 0 aliphatic heterocycles. The van der Waals surface area contributed by atoms with E-state index in [0.717, 1.165) is 12.8 Å². The van der Waals surface area contributed by atoms with Crippen LogP contribution >= 0.6 is 24.8 Å². The molecule has 9 heavy (non-hydrogen) atoms. The third-order valence-corrected chi connectivity index (χ3v) is 0.962. The summed E-state index contributed by atoms with van der Waals surface area (Å²) in [6, 6.07) is 0.227. The summed E-state index contributed by atoms with van der Waals surface area (Å²) in [6.07, 6.45) is 2.19. The molecule has 0 rings (SSSR count). The number of nitrogens with two attached hydrogens (primary N) is 2. The lowest BCUT2D eigenvalue weighted by molar-refractivity contribution is 0.612. The summed E-state index contributed by atoms with van der Waals surface area (Å²) in [4.78, 5) is 0. The van der Waals surface area contributed by atoms with Gasteiger partial charge in [-0.3, -0.25) is 0 Å². The molecule has 2 nitrogen and oxygen atoms in total. The molecule has 0 saturated heterocycles. The van der Waals surface area contributed by atoms with Crippen molar-refractivity contribution in [1.29, 1.82) is 0 Å². The Kier molecular flexibility index (Phi) is 20.4. The van der Waals surface area contributed by atoms with Crippen molar-refractivity contribution >= 4 is 24.8 Å². The van der Waals surface area contributed by atoms with Gasteiger partial charge in [0.15, 0.2) is 0 Å². The normalized spacial score (nSPS) is 11.0. The van der Waals surface area contributed by atoms with Crippen molar-refractivity contribution in [1.82, 2.24) is 0 Å². The predicted molar refractivity (Wildman–Crippen MR) is 46.4 cm³/mol. The van der Waals surface area contributed by atoms with E-state index in [1.165, 1.54) is 0 Å². The number of hydrogen-bond acceptors (Lipinski definition) is 2. The molecule has 0 aromatic carbocycles. The van der Waals surface area contributed by atoms with Gasteiger partial charge in [0.1, 0.15) is 0 Å². The smallest absolute Gasteiger partial charge is 0.0162 e. The van der Waals surface area contributed by atoms with E-state index in [-0.39, 0.29) is 30.9 Å². The van der Waals surface area contributed by atoms with Crippen molar-refractivity contribution in [2.75, 3.05) is 6.54 Å². The minimum atomic E-state index is 0. The highest BCUT2D eigenvalue weighted by Gasteiger charge is 1.93. The summed E-state index contributed by atoms with van der Waals surface area (Å²) >= 11 is 0. The van der Waals surface area contributed by atoms with E-state index >= 15 is 0 Å². The second-order valence-electron chi connectivity index (χ2n) is 1.78. The third kappa shape index (κ3) is 11.9. The van der Waals surface area contributed by atoms with Gasteiger partial charge in [-0.2, -0.15) is 0 Å². The van der Waals surface area contributed by atoms with Crippen LogP contribution in [0.15, 0.2) is 0 Å². The van der Waals surface area contributed by atoms with Crippen molar-refractivity contribution in [2.24, 2.45) is 11.5 Å². The Hall–Kier alpha value is 0.500. The van der Waals surface area contributed by atoms with Crippen molar-refractivity contribution in [3.05, 3.63) is 0 Å². The number of halogens is 2. The molecule has 0 aromatic heterocycles. The average Bonchev–Trinajstić information content (AvgIpc) is 1.68. The first-order valence-electron chi connectivity index (χ1n) is 2.77. The Morgan fingerprint density at radius 2 is 1.78 bits per heavy atom. The van der Waals surface area contributed by atoms with Gasteiger partial charge in [0.2, 0.25) is 0 Å². The molecule has 0 heterocycles. The molecule has 1 unspecified atom stereocenters. The van der Waals surface area contributed by atoms with Crippen LogP contribution < -0.4 is 11.5 Å². The highest BCUT2D eigenvalue weighted by atomic mass is 35.5. The summed E-state index contributed by atoms with van der Waals surface area (Å²) in [6.45, 7) is 2.73. The van der Waals surface area contributed by atoms with Gasteiger partial charge in [0, 0.05) is 12.6 Å². The van der Waals surface area contributed by atoms with Gasteiger partial charge in [-0.15, -0.1) is 24.8 Å². The monoisotopic (exact) mass is 174 g/mol. The zero-order valence-electron chi connectivity index (χ0n) is 5.67. The lowest BCUT2D eigenvalue weighted by atomic mass is 10.2. The van der Waals surface area contributed by atoms with E-state index in [4.69, 9.17) is 11.5 Å². The van der Waals surface area contributed by atoms with Crippen molar-refractivity contribution in [3.8, 4) is 0 Å². The Labute approximate surface area is 69.2 Å². The zero-order chi connectivity index (χ0) is 5.70. The van der Waals surface area contributed by atoms with Crippen LogP contribution in [0.4, 0.5) is 0 Å². The average molecular weight is 175 g/mol. The van der Waals surface area contributed by atoms with Crippen molar-refractivity contribution in [2.45, 2.75) is 25.8 Å². The molecule has 4 N–H and O–H groups in total. The first-order valence-corrected chi connectivity index (χ1v) is 2.77. The maximum atomic E-state index is 5.46. The molecule has 0 saturated carbocycles. The quantitative estimate of drug-likeness (QED) is 0.669. The molecule has 0 aromatic rings. The predicted octanol–water partition coefficient (Wildman–Crippen LogP) is 0.916. The van der Waals surface area contributed by atoms with Crippen LogP contribution in [-0.2, 0) is 0 Å². The molecule has 0 aliphatic rings. The van der Waals surface area contributed by atoms with E-state index in [0.29, 0.717) is 6.54 Å². The van der Waals surface area contributed by atoms with Gasteiger partial charge in [0.05, 0.1) is 0 Å². The molecular weight excluding hydrogens is 159 g/mol. The second-order valence-corrected chi connectivity index (χ2v) is 1.78. The van der Waals surface area contributed by atoms with Crippen molar-refractivity contribution in [3.63, 3.8) is 0 Å². The Morgan fingerprint density at radius 1 is 1.33 bits per heavy atom. The summed E-state index contributed by atoms with van der Waals surface area (Å²) in [5.41, 5.74) is 10.7. The van der Waals surface area contributed by atoms with Crippen LogP contribution in [0.25, 0.3) is 0 Å². The summed E-state index contributed by atoms with van der Waals surface area (Å²) < 4.78 is 0. The van der Waals surface area contributed by atoms with Gasteiger partial charge in [-0.25, -0.2) is 0 Å². The zero-order valence-corrected chi connectivity index (χ0v) is 7.30. The van der Waals surface area contributed by atoms with Crippen molar-refractivity contribution < 1.29 is 0 Å². The fourth-order valence-electron chi connectivity index (χ4n) is 0.489. The SMILES string of the molecule is CCCC(N)CN.Cl.Cl. The third-order valence-electron chi connectivity index (χ3n) is 0.962. The van der Waals surface area contributed by atoms with E-state index in [1.807, 2.05) is 0 Å². The highest BCUT2D eigenvalue weighted by molar-refractivity contribution is 5.85. The lowest BCUT2D eigenvalue weighted by Crippen LogP contribution is -2.28. The minimum absolute atomic E-state index is 0. The molecule has 0 aliphatic carbocycles. The van der Waals surface area contributed by atoms with Gasteiger partial charge in [-0.05, 0) is 6.42 Å². The largest absolute Gasteiger partial charge is 0.329 e. The maximum absolute atomic E-state index is 5.46. The molecule has 0 fully saturated rings. The molecule has 0 amide bonds. The van der Waals surface area contributed by atoms with E-state index in [2.05, 4.69) is 6.92 Å². The first kappa shape index (κ1) is 16.2. The van der Waals surface area contributed by atoms with Crippen LogP contribution in [0.2, 0.25) is 0 Å². The summed E-state index contributed by atoms with van der Waals surface area (Å²) in [7, 11) is 0. The van der Waals surface area contributed by atoms with Crippen LogP contribution in [0.3, 0.4) is 0 Å². The standard InChI is InChI=1S/C5H14N2.2ClH/c1-2-3-5(7)4-6;;/h5H,2-4,6-7H2,1H3;2*1H.